The fraction of sp³-hybridized carbons (Fsp3) is 0.259. The van der Waals surface area contributed by atoms with E-state index in [-0.39, 0.29) is 12.6 Å². The van der Waals surface area contributed by atoms with Gasteiger partial charge in [0.1, 0.15) is 0 Å². The summed E-state index contributed by atoms with van der Waals surface area (Å²) in [4.78, 5) is 18.8. The minimum Gasteiger partial charge on any atom is -0.373 e. The molecule has 2 aliphatic heterocycles. The molecule has 4 nitrogen and oxygen atoms in total. The predicted molar refractivity (Wildman–Crippen MR) is 141 cm³/mol. The van der Waals surface area contributed by atoms with Crippen LogP contribution in [0.15, 0.2) is 84.3 Å². The summed E-state index contributed by atoms with van der Waals surface area (Å²) in [6.07, 6.45) is 8.26. The van der Waals surface area contributed by atoms with E-state index in [0.717, 1.165) is 54.9 Å². The molecule has 0 unspecified atom stereocenters. The van der Waals surface area contributed by atoms with Gasteiger partial charge in [-0.15, -0.1) is 11.8 Å². The van der Waals surface area contributed by atoms with E-state index in [1.54, 1.807) is 17.8 Å². The average Bonchev–Trinajstić information content (AvgIpc) is 3.29. The van der Waals surface area contributed by atoms with Crippen LogP contribution in [0.5, 0.6) is 0 Å². The van der Waals surface area contributed by atoms with Gasteiger partial charge in [-0.3, -0.25) is 4.79 Å². The maximum absolute atomic E-state index is 13.4. The molecule has 2 aliphatic rings. The Morgan fingerprint density at radius 2 is 1.97 bits per heavy atom. The zero-order valence-electron chi connectivity index (χ0n) is 18.9. The standard InChI is InChI=1S/C27H28BN3OS/c1-3-6-21(4-2)19-33-25-9-10-26-22(18-25)11-14-31(26)27(32)23-7-5-8-24(17-23)30-15-12-28(20-29)13-16-30/h3-10,17-18H,1-2,11-16,19H2/b21-6+. The average molecular weight is 453 g/mol. The van der Waals surface area contributed by atoms with Crippen molar-refractivity contribution in [2.45, 2.75) is 24.0 Å². The van der Waals surface area contributed by atoms with Crippen molar-refractivity contribution in [3.05, 3.63) is 90.6 Å². The Morgan fingerprint density at radius 1 is 1.15 bits per heavy atom. The summed E-state index contributed by atoms with van der Waals surface area (Å²) in [5.41, 5.74) is 5.15. The smallest absolute Gasteiger partial charge is 0.271 e. The van der Waals surface area contributed by atoms with Crippen LogP contribution in [0, 0.1) is 11.2 Å². The van der Waals surface area contributed by atoms with E-state index < -0.39 is 0 Å². The molecule has 4 rings (SSSR count). The first kappa shape index (κ1) is 23.0. The van der Waals surface area contributed by atoms with E-state index in [9.17, 15) is 4.79 Å². The van der Waals surface area contributed by atoms with E-state index >= 15 is 0 Å². The molecule has 33 heavy (non-hydrogen) atoms. The van der Waals surface area contributed by atoms with Crippen molar-refractivity contribution in [2.75, 3.05) is 35.2 Å². The second kappa shape index (κ2) is 10.6. The fourth-order valence-corrected chi connectivity index (χ4v) is 5.37. The van der Waals surface area contributed by atoms with Gasteiger partial charge in [-0.05, 0) is 66.6 Å². The molecule has 166 valence electrons. The third-order valence-corrected chi connectivity index (χ3v) is 7.39. The maximum Gasteiger partial charge on any atom is 0.271 e. The van der Waals surface area contributed by atoms with Crippen LogP contribution in [0.4, 0.5) is 11.4 Å². The van der Waals surface area contributed by atoms with Gasteiger partial charge in [-0.1, -0.05) is 37.5 Å². The van der Waals surface area contributed by atoms with E-state index in [4.69, 9.17) is 5.26 Å². The number of nitrogens with zero attached hydrogens (tertiary/aromatic N) is 3. The van der Waals surface area contributed by atoms with Gasteiger partial charge in [0, 0.05) is 53.2 Å². The quantitative estimate of drug-likeness (QED) is 0.309. The molecule has 1 saturated heterocycles. The number of anilines is 2. The Hall–Kier alpha value is -3.17. The minimum absolute atomic E-state index is 0.0470. The van der Waals surface area contributed by atoms with Gasteiger partial charge in [0.05, 0.1) is 0 Å². The molecule has 0 saturated carbocycles. The first-order valence-corrected chi connectivity index (χ1v) is 12.4. The van der Waals surface area contributed by atoms with Crippen molar-refractivity contribution in [3.63, 3.8) is 0 Å². The molecular formula is C27H28BN3OS. The van der Waals surface area contributed by atoms with Crippen LogP contribution >= 0.6 is 11.8 Å². The van der Waals surface area contributed by atoms with Crippen molar-refractivity contribution in [2.24, 2.45) is 0 Å². The number of benzene rings is 2. The number of nitriles is 1. The number of rotatable bonds is 7. The van der Waals surface area contributed by atoms with Crippen LogP contribution in [0.1, 0.15) is 15.9 Å². The molecule has 2 aromatic carbocycles. The van der Waals surface area contributed by atoms with Gasteiger partial charge >= 0.3 is 0 Å². The maximum atomic E-state index is 13.4. The fourth-order valence-electron chi connectivity index (χ4n) is 4.43. The summed E-state index contributed by atoms with van der Waals surface area (Å²) in [6, 6.07) is 14.3. The number of amides is 1. The van der Waals surface area contributed by atoms with Crippen molar-refractivity contribution in [1.29, 1.82) is 5.26 Å². The van der Waals surface area contributed by atoms with Gasteiger partial charge in [-0.2, -0.15) is 0 Å². The normalized spacial score (nSPS) is 15.7. The van der Waals surface area contributed by atoms with Crippen LogP contribution in [0.3, 0.4) is 0 Å². The third kappa shape index (κ3) is 5.26. The Kier molecular flexibility index (Phi) is 7.41. The number of fused-ring (bicyclic) bond motifs is 1. The highest BCUT2D eigenvalue weighted by Gasteiger charge is 2.27. The van der Waals surface area contributed by atoms with E-state index in [0.29, 0.717) is 12.1 Å². The molecule has 2 heterocycles. The molecule has 2 aromatic rings. The first-order chi connectivity index (χ1) is 16.1. The van der Waals surface area contributed by atoms with Crippen LogP contribution in [0.25, 0.3) is 0 Å². The van der Waals surface area contributed by atoms with Gasteiger partial charge in [0.15, 0.2) is 0 Å². The summed E-state index contributed by atoms with van der Waals surface area (Å²) in [5.74, 6) is 3.27. The Labute approximate surface area is 201 Å². The number of hydrogen-bond acceptors (Lipinski definition) is 4. The Balaban J connectivity index is 1.46. The first-order valence-electron chi connectivity index (χ1n) is 11.4. The molecule has 1 amide bonds. The Morgan fingerprint density at radius 3 is 2.70 bits per heavy atom. The highest BCUT2D eigenvalue weighted by Crippen LogP contribution is 2.34. The minimum atomic E-state index is 0.0470. The molecule has 0 spiro atoms. The zero-order chi connectivity index (χ0) is 23.2. The molecule has 0 aromatic heterocycles. The highest BCUT2D eigenvalue weighted by atomic mass is 32.2. The monoisotopic (exact) mass is 453 g/mol. The van der Waals surface area contributed by atoms with Gasteiger partial charge in [0.2, 0.25) is 0 Å². The summed E-state index contributed by atoms with van der Waals surface area (Å²) in [5, 5.41) is 9.14. The number of hydrogen-bond donors (Lipinski definition) is 0. The summed E-state index contributed by atoms with van der Waals surface area (Å²) < 4.78 is 0. The van der Waals surface area contributed by atoms with E-state index in [2.05, 4.69) is 48.3 Å². The van der Waals surface area contributed by atoms with Gasteiger partial charge in [0.25, 0.3) is 12.6 Å². The number of carbonyl (C=O) groups excluding carboxylic acids is 1. The second-order valence-electron chi connectivity index (χ2n) is 8.41. The SMILES string of the molecule is C=C/C=C(\C=C)CSc1ccc2c(c1)CCN2C(=O)c1cccc(N2CCB(C#N)CC2)c1. The lowest BCUT2D eigenvalue weighted by Crippen LogP contribution is -2.36. The predicted octanol–water partition coefficient (Wildman–Crippen LogP) is 5.66. The van der Waals surface area contributed by atoms with E-state index in [1.807, 2.05) is 35.3 Å². The molecule has 0 aliphatic carbocycles. The lowest BCUT2D eigenvalue weighted by atomic mass is 9.45. The second-order valence-corrected chi connectivity index (χ2v) is 9.46. The van der Waals surface area contributed by atoms with Crippen LogP contribution in [0.2, 0.25) is 12.6 Å². The van der Waals surface area contributed by atoms with Crippen LogP contribution in [-0.2, 0) is 6.42 Å². The van der Waals surface area contributed by atoms with Crippen LogP contribution < -0.4 is 9.80 Å². The lowest BCUT2D eigenvalue weighted by Gasteiger charge is -2.30. The molecule has 0 N–H and O–H groups in total. The molecule has 0 radical (unpaired) electrons. The van der Waals surface area contributed by atoms with Crippen molar-refractivity contribution >= 4 is 35.8 Å². The van der Waals surface area contributed by atoms with Crippen molar-refractivity contribution < 1.29 is 4.79 Å². The number of carbonyl (C=O) groups is 1. The lowest BCUT2D eigenvalue weighted by molar-refractivity contribution is 0.0989. The Bertz CT molecular complexity index is 1130. The third-order valence-electron chi connectivity index (χ3n) is 6.33. The van der Waals surface area contributed by atoms with Crippen molar-refractivity contribution in [1.82, 2.24) is 0 Å². The zero-order valence-corrected chi connectivity index (χ0v) is 19.7. The van der Waals surface area contributed by atoms with Crippen molar-refractivity contribution in [3.8, 4) is 5.97 Å². The molecule has 6 heteroatoms. The molecule has 0 bridgehead atoms. The van der Waals surface area contributed by atoms with Gasteiger partial charge in [-0.25, -0.2) is 5.26 Å². The molecular weight excluding hydrogens is 425 g/mol. The number of thioether (sulfide) groups is 1. The summed E-state index contributed by atoms with van der Waals surface area (Å²) >= 11 is 1.77. The summed E-state index contributed by atoms with van der Waals surface area (Å²) in [7, 11) is 0. The van der Waals surface area contributed by atoms with E-state index in [1.165, 1.54) is 10.5 Å². The van der Waals surface area contributed by atoms with Crippen LogP contribution in [-0.4, -0.2) is 38.0 Å². The largest absolute Gasteiger partial charge is 0.373 e. The topological polar surface area (TPSA) is 47.3 Å². The summed E-state index contributed by atoms with van der Waals surface area (Å²) in [6.45, 7) is 10.2. The van der Waals surface area contributed by atoms with Gasteiger partial charge < -0.3 is 9.80 Å². The highest BCUT2D eigenvalue weighted by molar-refractivity contribution is 7.99. The molecule has 0 atom stereocenters. The molecule has 1 fully saturated rings. The number of allylic oxidation sites excluding steroid dienone is 3.